The Kier molecular flexibility index (Phi) is 7.53. The van der Waals surface area contributed by atoms with E-state index < -0.39 is 23.4 Å². The molecule has 5 rings (SSSR count). The molecule has 1 amide bonds. The number of ether oxygens (including phenoxy) is 1. The molecule has 1 fully saturated rings. The van der Waals surface area contributed by atoms with Gasteiger partial charge in [0.1, 0.15) is 23.7 Å². The van der Waals surface area contributed by atoms with Gasteiger partial charge in [0.15, 0.2) is 0 Å². The van der Waals surface area contributed by atoms with E-state index in [0.717, 1.165) is 25.6 Å². The number of nitrogens with zero attached hydrogens (tertiary/aromatic N) is 2. The van der Waals surface area contributed by atoms with E-state index in [0.29, 0.717) is 43.6 Å². The highest BCUT2D eigenvalue weighted by Crippen LogP contribution is 2.32. The zero-order valence-corrected chi connectivity index (χ0v) is 23.8. The van der Waals surface area contributed by atoms with Gasteiger partial charge in [0, 0.05) is 30.8 Å². The number of halogens is 1. The standard InChI is InChI=1S/C30H31BrN2O6/c1-30(2,3)39-28(35)32-12-11-21(16-32)24(14-20-9-10-23-25(31)18-37-26(23)15-20)27(34)33-22(17-38-29(33)36)13-19-7-5-4-6-8-19/h4-10,15,17-18,21,24H,11-14,16H2,1-3H3/t21-,24-/m0/s1. The fourth-order valence-corrected chi connectivity index (χ4v) is 5.57. The third-order valence-corrected chi connectivity index (χ3v) is 7.64. The summed E-state index contributed by atoms with van der Waals surface area (Å²) in [4.78, 5) is 41.4. The first-order valence-electron chi connectivity index (χ1n) is 13.0. The van der Waals surface area contributed by atoms with Crippen molar-refractivity contribution in [1.29, 1.82) is 0 Å². The van der Waals surface area contributed by atoms with Crippen molar-refractivity contribution in [1.82, 2.24) is 9.47 Å². The van der Waals surface area contributed by atoms with Crippen LogP contribution < -0.4 is 5.76 Å². The predicted molar refractivity (Wildman–Crippen MR) is 150 cm³/mol. The Bertz CT molecular complexity index is 1540. The maximum atomic E-state index is 14.1. The minimum absolute atomic E-state index is 0.171. The molecule has 1 saturated heterocycles. The summed E-state index contributed by atoms with van der Waals surface area (Å²) in [7, 11) is 0. The van der Waals surface area contributed by atoms with Gasteiger partial charge in [0.2, 0.25) is 5.91 Å². The van der Waals surface area contributed by atoms with Gasteiger partial charge < -0.3 is 18.5 Å². The molecule has 0 spiro atoms. The molecule has 204 valence electrons. The molecule has 8 nitrogen and oxygen atoms in total. The SMILES string of the molecule is CC(C)(C)OC(=O)N1CC[C@H]([C@H](Cc2ccc3c(Br)coc3c2)C(=O)n2c(Cc3ccccc3)coc2=O)C1. The van der Waals surface area contributed by atoms with Gasteiger partial charge in [-0.3, -0.25) is 4.79 Å². The van der Waals surface area contributed by atoms with Crippen LogP contribution in [0.25, 0.3) is 11.0 Å². The van der Waals surface area contributed by atoms with Crippen molar-refractivity contribution in [2.45, 2.75) is 45.6 Å². The fourth-order valence-electron chi connectivity index (χ4n) is 5.15. The molecular weight excluding hydrogens is 564 g/mol. The minimum atomic E-state index is -0.705. The van der Waals surface area contributed by atoms with Crippen LogP contribution in [-0.2, 0) is 17.6 Å². The first-order chi connectivity index (χ1) is 18.6. The van der Waals surface area contributed by atoms with Crippen LogP contribution in [0.15, 0.2) is 79.2 Å². The lowest BCUT2D eigenvalue weighted by Crippen LogP contribution is -2.39. The lowest BCUT2D eigenvalue weighted by molar-refractivity contribution is 0.0280. The number of carbonyl (C=O) groups is 2. The molecule has 4 aromatic rings. The minimum Gasteiger partial charge on any atom is -0.463 e. The topological polar surface area (TPSA) is 94.9 Å². The van der Waals surface area contributed by atoms with Crippen LogP contribution >= 0.6 is 15.9 Å². The number of oxazole rings is 1. The molecule has 0 saturated carbocycles. The molecule has 0 radical (unpaired) electrons. The van der Waals surface area contributed by atoms with Crippen molar-refractivity contribution in [2.75, 3.05) is 13.1 Å². The highest BCUT2D eigenvalue weighted by Gasteiger charge is 2.39. The molecule has 0 aliphatic carbocycles. The highest BCUT2D eigenvalue weighted by molar-refractivity contribution is 9.10. The van der Waals surface area contributed by atoms with E-state index in [9.17, 15) is 14.4 Å². The predicted octanol–water partition coefficient (Wildman–Crippen LogP) is 6.30. The fraction of sp³-hybridized carbons (Fsp3) is 0.367. The van der Waals surface area contributed by atoms with Crippen molar-refractivity contribution >= 4 is 38.9 Å². The van der Waals surface area contributed by atoms with Crippen LogP contribution in [0.4, 0.5) is 4.79 Å². The summed E-state index contributed by atoms with van der Waals surface area (Å²) in [5.74, 6) is -1.78. The van der Waals surface area contributed by atoms with Crippen LogP contribution in [0, 0.1) is 11.8 Å². The average molecular weight is 595 g/mol. The van der Waals surface area contributed by atoms with Crippen LogP contribution in [0.5, 0.6) is 0 Å². The number of likely N-dealkylation sites (tertiary alicyclic amines) is 1. The maximum Gasteiger partial charge on any atom is 0.426 e. The van der Waals surface area contributed by atoms with E-state index in [1.807, 2.05) is 69.3 Å². The summed E-state index contributed by atoms with van der Waals surface area (Å²) in [5.41, 5.74) is 2.45. The number of hydrogen-bond donors (Lipinski definition) is 0. The van der Waals surface area contributed by atoms with Crippen LogP contribution in [0.2, 0.25) is 0 Å². The van der Waals surface area contributed by atoms with E-state index in [1.165, 1.54) is 6.26 Å². The quantitative estimate of drug-likeness (QED) is 0.260. The van der Waals surface area contributed by atoms with Crippen LogP contribution in [-0.4, -0.2) is 40.2 Å². The molecule has 1 aliphatic heterocycles. The van der Waals surface area contributed by atoms with Crippen molar-refractivity contribution < 1.29 is 23.2 Å². The molecule has 1 aliphatic rings. The molecule has 3 heterocycles. The molecular formula is C30H31BrN2O6. The molecule has 2 atom stereocenters. The lowest BCUT2D eigenvalue weighted by Gasteiger charge is -2.26. The van der Waals surface area contributed by atoms with Crippen LogP contribution in [0.3, 0.4) is 0 Å². The van der Waals surface area contributed by atoms with Gasteiger partial charge in [-0.2, -0.15) is 0 Å². The van der Waals surface area contributed by atoms with E-state index in [-0.39, 0.29) is 11.8 Å². The highest BCUT2D eigenvalue weighted by atomic mass is 79.9. The summed E-state index contributed by atoms with van der Waals surface area (Å²) in [5, 5.41) is 0.940. The van der Waals surface area contributed by atoms with Crippen molar-refractivity contribution in [2.24, 2.45) is 11.8 Å². The Morgan fingerprint density at radius 2 is 1.85 bits per heavy atom. The van der Waals surface area contributed by atoms with E-state index in [2.05, 4.69) is 15.9 Å². The average Bonchev–Trinajstić information content (AvgIpc) is 3.61. The van der Waals surface area contributed by atoms with Gasteiger partial charge in [0.05, 0.1) is 10.2 Å². The largest absolute Gasteiger partial charge is 0.463 e. The second-order valence-corrected chi connectivity index (χ2v) is 11.9. The molecule has 39 heavy (non-hydrogen) atoms. The Morgan fingerprint density at radius 1 is 1.08 bits per heavy atom. The number of aromatic nitrogens is 1. The smallest absolute Gasteiger partial charge is 0.426 e. The van der Waals surface area contributed by atoms with E-state index in [1.54, 1.807) is 11.2 Å². The van der Waals surface area contributed by atoms with Gasteiger partial charge in [-0.25, -0.2) is 14.2 Å². The van der Waals surface area contributed by atoms with E-state index >= 15 is 0 Å². The zero-order chi connectivity index (χ0) is 27.7. The Balaban J connectivity index is 1.46. The number of hydrogen-bond acceptors (Lipinski definition) is 6. The molecule has 0 N–H and O–H groups in total. The summed E-state index contributed by atoms with van der Waals surface area (Å²) < 4.78 is 18.5. The monoisotopic (exact) mass is 594 g/mol. The van der Waals surface area contributed by atoms with Gasteiger partial charge >= 0.3 is 11.8 Å². The number of benzene rings is 2. The first kappa shape index (κ1) is 27.0. The lowest BCUT2D eigenvalue weighted by atomic mass is 9.85. The number of furan rings is 1. The summed E-state index contributed by atoms with van der Waals surface area (Å²) in [6, 6.07) is 15.5. The third kappa shape index (κ3) is 6.03. The molecule has 0 unspecified atom stereocenters. The number of fused-ring (bicyclic) bond motifs is 1. The number of rotatable bonds is 6. The van der Waals surface area contributed by atoms with Crippen molar-refractivity contribution in [3.05, 3.63) is 92.9 Å². The van der Waals surface area contributed by atoms with Gasteiger partial charge in [-0.15, -0.1) is 0 Å². The van der Waals surface area contributed by atoms with Gasteiger partial charge in [-0.1, -0.05) is 36.4 Å². The van der Waals surface area contributed by atoms with Gasteiger partial charge in [-0.05, 0) is 78.7 Å². The Hall–Kier alpha value is -3.59. The second-order valence-electron chi connectivity index (χ2n) is 11.0. The molecule has 0 bridgehead atoms. The summed E-state index contributed by atoms with van der Waals surface area (Å²) >= 11 is 3.48. The normalized spacial score (nSPS) is 16.5. The molecule has 2 aromatic heterocycles. The first-order valence-corrected chi connectivity index (χ1v) is 13.8. The summed E-state index contributed by atoms with van der Waals surface area (Å²) in [6.45, 7) is 6.32. The number of amides is 1. The Morgan fingerprint density at radius 3 is 2.59 bits per heavy atom. The van der Waals surface area contributed by atoms with Crippen LogP contribution in [0.1, 0.15) is 48.8 Å². The van der Waals surface area contributed by atoms with E-state index in [4.69, 9.17) is 13.6 Å². The van der Waals surface area contributed by atoms with Gasteiger partial charge in [0.25, 0.3) is 0 Å². The van der Waals surface area contributed by atoms with Crippen molar-refractivity contribution in [3.8, 4) is 0 Å². The zero-order valence-electron chi connectivity index (χ0n) is 22.2. The van der Waals surface area contributed by atoms with Crippen molar-refractivity contribution in [3.63, 3.8) is 0 Å². The summed E-state index contributed by atoms with van der Waals surface area (Å²) in [6.07, 6.45) is 3.97. The maximum absolute atomic E-state index is 14.1. The molecule has 9 heteroatoms. The second kappa shape index (κ2) is 10.9. The number of carbonyl (C=O) groups excluding carboxylic acids is 2. The third-order valence-electron chi connectivity index (χ3n) is 7.02. The molecule has 2 aromatic carbocycles. The Labute approximate surface area is 234 Å².